The average molecular weight is 431 g/mol. The lowest BCUT2D eigenvalue weighted by atomic mass is 10.0. The Balaban J connectivity index is 1.53. The standard InChI is InChI=1S/C19H21N5O7/c20-23-21-6-7-29-8-9-30-10-11-31-14-3-1-2-12-16(14)19(28)24(18(12)27)13-4-5-15(25)22-17(13)26/h1-3,13H,4-11H2,(H,22,25,26). The van der Waals surface area contributed by atoms with Crippen molar-refractivity contribution in [3.05, 3.63) is 39.8 Å². The Morgan fingerprint density at radius 3 is 2.55 bits per heavy atom. The highest BCUT2D eigenvalue weighted by Crippen LogP contribution is 2.33. The quantitative estimate of drug-likeness (QED) is 0.178. The van der Waals surface area contributed by atoms with Gasteiger partial charge in [-0.2, -0.15) is 0 Å². The van der Waals surface area contributed by atoms with Crippen molar-refractivity contribution in [3.63, 3.8) is 0 Å². The number of rotatable bonds is 11. The molecule has 2 aliphatic rings. The Hall–Kier alpha value is -3.47. The Labute approximate surface area is 177 Å². The summed E-state index contributed by atoms with van der Waals surface area (Å²) in [6.45, 7) is 1.56. The molecule has 0 radical (unpaired) electrons. The number of ether oxygens (including phenoxy) is 3. The third-order valence-electron chi connectivity index (χ3n) is 4.69. The van der Waals surface area contributed by atoms with Gasteiger partial charge in [-0.3, -0.25) is 29.4 Å². The summed E-state index contributed by atoms with van der Waals surface area (Å²) in [4.78, 5) is 52.7. The van der Waals surface area contributed by atoms with Gasteiger partial charge in [0.15, 0.2) is 0 Å². The van der Waals surface area contributed by atoms with Crippen molar-refractivity contribution in [2.75, 3.05) is 39.6 Å². The normalized spacial score (nSPS) is 17.9. The maximum atomic E-state index is 12.9. The zero-order valence-electron chi connectivity index (χ0n) is 16.6. The lowest BCUT2D eigenvalue weighted by Gasteiger charge is -2.27. The number of benzene rings is 1. The van der Waals surface area contributed by atoms with Gasteiger partial charge >= 0.3 is 0 Å². The Morgan fingerprint density at radius 2 is 1.81 bits per heavy atom. The molecule has 31 heavy (non-hydrogen) atoms. The van der Waals surface area contributed by atoms with Crippen LogP contribution in [-0.4, -0.2) is 74.1 Å². The van der Waals surface area contributed by atoms with E-state index in [9.17, 15) is 19.2 Å². The molecule has 3 rings (SSSR count). The highest BCUT2D eigenvalue weighted by atomic mass is 16.5. The van der Waals surface area contributed by atoms with Crippen molar-refractivity contribution in [2.24, 2.45) is 5.11 Å². The van der Waals surface area contributed by atoms with E-state index in [0.29, 0.717) is 19.8 Å². The number of nitrogens with zero attached hydrogens (tertiary/aromatic N) is 4. The number of amides is 4. The Kier molecular flexibility index (Phi) is 7.55. The summed E-state index contributed by atoms with van der Waals surface area (Å²) in [6.07, 6.45) is 0.144. The number of carbonyl (C=O) groups is 4. The highest BCUT2D eigenvalue weighted by molar-refractivity contribution is 6.24. The number of hydrogen-bond donors (Lipinski definition) is 1. The molecule has 12 heteroatoms. The van der Waals surface area contributed by atoms with Gasteiger partial charge in [0.1, 0.15) is 18.4 Å². The van der Waals surface area contributed by atoms with Crippen LogP contribution in [0.5, 0.6) is 5.75 Å². The summed E-state index contributed by atoms with van der Waals surface area (Å²) in [5, 5.41) is 5.50. The zero-order chi connectivity index (χ0) is 22.2. The van der Waals surface area contributed by atoms with Gasteiger partial charge in [0, 0.05) is 17.9 Å². The van der Waals surface area contributed by atoms with Gasteiger partial charge in [-0.15, -0.1) is 0 Å². The minimum absolute atomic E-state index is 0.0553. The summed E-state index contributed by atoms with van der Waals surface area (Å²) >= 11 is 0. The van der Waals surface area contributed by atoms with Crippen molar-refractivity contribution in [1.82, 2.24) is 10.2 Å². The van der Waals surface area contributed by atoms with Crippen LogP contribution < -0.4 is 10.1 Å². The van der Waals surface area contributed by atoms with Crippen LogP contribution in [0.4, 0.5) is 0 Å². The maximum absolute atomic E-state index is 12.9. The highest BCUT2D eigenvalue weighted by Gasteiger charge is 2.45. The first kappa shape index (κ1) is 22.2. The van der Waals surface area contributed by atoms with Crippen molar-refractivity contribution in [3.8, 4) is 5.75 Å². The molecular weight excluding hydrogens is 410 g/mol. The number of fused-ring (bicyclic) bond motifs is 1. The molecule has 2 aliphatic heterocycles. The summed E-state index contributed by atoms with van der Waals surface area (Å²) in [5.74, 6) is -2.08. The second-order valence-corrected chi connectivity index (χ2v) is 6.65. The molecule has 1 unspecified atom stereocenters. The van der Waals surface area contributed by atoms with E-state index in [4.69, 9.17) is 19.7 Å². The zero-order valence-corrected chi connectivity index (χ0v) is 16.6. The van der Waals surface area contributed by atoms with Crippen LogP contribution in [0.25, 0.3) is 10.4 Å². The third-order valence-corrected chi connectivity index (χ3v) is 4.69. The first-order valence-corrected chi connectivity index (χ1v) is 9.68. The molecule has 0 aliphatic carbocycles. The van der Waals surface area contributed by atoms with Gasteiger partial charge in [0.25, 0.3) is 11.8 Å². The second kappa shape index (κ2) is 10.5. The molecule has 1 N–H and O–H groups in total. The first-order chi connectivity index (χ1) is 15.0. The minimum Gasteiger partial charge on any atom is -0.490 e. The van der Waals surface area contributed by atoms with Gasteiger partial charge < -0.3 is 14.2 Å². The molecule has 0 spiro atoms. The molecule has 1 saturated heterocycles. The molecule has 0 aromatic heterocycles. The largest absolute Gasteiger partial charge is 0.490 e. The molecule has 0 saturated carbocycles. The molecule has 2 heterocycles. The van der Waals surface area contributed by atoms with E-state index in [1.807, 2.05) is 0 Å². The van der Waals surface area contributed by atoms with Crippen molar-refractivity contribution in [2.45, 2.75) is 18.9 Å². The maximum Gasteiger partial charge on any atom is 0.266 e. The molecule has 4 amide bonds. The van der Waals surface area contributed by atoms with E-state index in [2.05, 4.69) is 15.3 Å². The molecule has 12 nitrogen and oxygen atoms in total. The van der Waals surface area contributed by atoms with Crippen LogP contribution in [-0.2, 0) is 19.1 Å². The van der Waals surface area contributed by atoms with Gasteiger partial charge in [0.05, 0.1) is 37.6 Å². The van der Waals surface area contributed by atoms with Gasteiger partial charge in [-0.1, -0.05) is 11.2 Å². The predicted octanol–water partition coefficient (Wildman–Crippen LogP) is 0.810. The minimum atomic E-state index is -1.03. The van der Waals surface area contributed by atoms with Crippen LogP contribution in [0, 0.1) is 0 Å². The average Bonchev–Trinajstić information content (AvgIpc) is 3.01. The van der Waals surface area contributed by atoms with Crippen molar-refractivity contribution >= 4 is 23.6 Å². The Bertz CT molecular complexity index is 928. The number of imide groups is 2. The predicted molar refractivity (Wildman–Crippen MR) is 104 cm³/mol. The monoisotopic (exact) mass is 431 g/mol. The van der Waals surface area contributed by atoms with Crippen molar-refractivity contribution < 1.29 is 33.4 Å². The fourth-order valence-electron chi connectivity index (χ4n) is 3.29. The molecule has 1 aromatic rings. The van der Waals surface area contributed by atoms with Crippen LogP contribution in [0.2, 0.25) is 0 Å². The van der Waals surface area contributed by atoms with E-state index >= 15 is 0 Å². The molecule has 1 aromatic carbocycles. The van der Waals surface area contributed by atoms with E-state index in [1.54, 1.807) is 12.1 Å². The topological polar surface area (TPSA) is 160 Å². The van der Waals surface area contributed by atoms with E-state index in [1.165, 1.54) is 6.07 Å². The summed E-state index contributed by atoms with van der Waals surface area (Å²) in [7, 11) is 0. The third kappa shape index (κ3) is 5.18. The smallest absolute Gasteiger partial charge is 0.266 e. The van der Waals surface area contributed by atoms with Crippen LogP contribution >= 0.6 is 0 Å². The summed E-state index contributed by atoms with van der Waals surface area (Å²) in [6, 6.07) is 3.63. The summed E-state index contributed by atoms with van der Waals surface area (Å²) in [5.41, 5.74) is 8.39. The van der Waals surface area contributed by atoms with E-state index in [-0.39, 0.29) is 49.5 Å². The molecule has 164 valence electrons. The molecule has 1 fully saturated rings. The van der Waals surface area contributed by atoms with Gasteiger partial charge in [-0.05, 0) is 24.1 Å². The lowest BCUT2D eigenvalue weighted by molar-refractivity contribution is -0.136. The number of nitrogens with one attached hydrogen (secondary N) is 1. The van der Waals surface area contributed by atoms with E-state index in [0.717, 1.165) is 4.90 Å². The lowest BCUT2D eigenvalue weighted by Crippen LogP contribution is -2.54. The SMILES string of the molecule is [N-]=[N+]=NCCOCCOCCOc1cccc2c1C(=O)N(C1CCC(=O)NC1=O)C2=O. The molecule has 1 atom stereocenters. The number of azide groups is 1. The number of carbonyl (C=O) groups excluding carboxylic acids is 4. The summed E-state index contributed by atoms with van der Waals surface area (Å²) < 4.78 is 16.2. The molecule has 0 bridgehead atoms. The van der Waals surface area contributed by atoms with Crippen LogP contribution in [0.1, 0.15) is 33.6 Å². The Morgan fingerprint density at radius 1 is 1.06 bits per heavy atom. The van der Waals surface area contributed by atoms with E-state index < -0.39 is 29.7 Å². The van der Waals surface area contributed by atoms with Crippen molar-refractivity contribution in [1.29, 1.82) is 0 Å². The van der Waals surface area contributed by atoms with Crippen LogP contribution in [0.3, 0.4) is 0 Å². The van der Waals surface area contributed by atoms with Gasteiger partial charge in [-0.25, -0.2) is 0 Å². The van der Waals surface area contributed by atoms with Crippen LogP contribution in [0.15, 0.2) is 23.3 Å². The van der Waals surface area contributed by atoms with Gasteiger partial charge in [0.2, 0.25) is 11.8 Å². The first-order valence-electron chi connectivity index (χ1n) is 9.68. The number of piperidine rings is 1. The number of hydrogen-bond acceptors (Lipinski definition) is 8. The fraction of sp³-hybridized carbons (Fsp3) is 0.474. The second-order valence-electron chi connectivity index (χ2n) is 6.65. The fourth-order valence-corrected chi connectivity index (χ4v) is 3.29. The molecular formula is C19H21N5O7.